The molecule has 5 heteroatoms. The Balaban J connectivity index is 1.32. The summed E-state index contributed by atoms with van der Waals surface area (Å²) in [7, 11) is 3.68. The number of rotatable bonds is 5. The Kier molecular flexibility index (Phi) is 6.05. The number of piperazine rings is 1. The SMILES string of the molecule is COc1ccc(N2CC[NH+](CC(=O)N(C)[C@@H]3CCCc4ccccc43)CC2)cc1. The number of nitrogens with one attached hydrogen (secondary N) is 1. The number of amides is 1. The summed E-state index contributed by atoms with van der Waals surface area (Å²) in [5.74, 6) is 1.15. The molecule has 1 atom stereocenters. The number of fused-ring (bicyclic) bond motifs is 1. The van der Waals surface area contributed by atoms with Crippen molar-refractivity contribution in [1.82, 2.24) is 4.90 Å². The van der Waals surface area contributed by atoms with Crippen molar-refractivity contribution < 1.29 is 14.4 Å². The van der Waals surface area contributed by atoms with E-state index in [4.69, 9.17) is 4.74 Å². The number of ether oxygens (including phenoxy) is 1. The van der Waals surface area contributed by atoms with Gasteiger partial charge in [0.2, 0.25) is 0 Å². The van der Waals surface area contributed by atoms with E-state index in [1.807, 2.05) is 24.1 Å². The highest BCUT2D eigenvalue weighted by Crippen LogP contribution is 2.33. The first kappa shape index (κ1) is 19.8. The summed E-state index contributed by atoms with van der Waals surface area (Å²) >= 11 is 0. The first-order valence-electron chi connectivity index (χ1n) is 10.7. The summed E-state index contributed by atoms with van der Waals surface area (Å²) in [5.41, 5.74) is 3.98. The number of likely N-dealkylation sites (N-methyl/N-ethyl adjacent to an activating group) is 1. The van der Waals surface area contributed by atoms with E-state index in [2.05, 4.69) is 41.3 Å². The van der Waals surface area contributed by atoms with Crippen LogP contribution in [0.2, 0.25) is 0 Å². The Morgan fingerprint density at radius 1 is 1.14 bits per heavy atom. The number of methoxy groups -OCH3 is 1. The monoisotopic (exact) mass is 394 g/mol. The largest absolute Gasteiger partial charge is 0.497 e. The molecule has 1 heterocycles. The van der Waals surface area contributed by atoms with Gasteiger partial charge in [0.25, 0.3) is 5.91 Å². The molecular weight excluding hydrogens is 362 g/mol. The van der Waals surface area contributed by atoms with Crippen LogP contribution in [0.15, 0.2) is 48.5 Å². The molecule has 29 heavy (non-hydrogen) atoms. The molecule has 0 spiro atoms. The fourth-order valence-corrected chi connectivity index (χ4v) is 4.69. The van der Waals surface area contributed by atoms with Gasteiger partial charge in [-0.1, -0.05) is 24.3 Å². The molecule has 0 aromatic heterocycles. The zero-order chi connectivity index (χ0) is 20.2. The van der Waals surface area contributed by atoms with E-state index in [1.54, 1.807) is 7.11 Å². The van der Waals surface area contributed by atoms with Crippen LogP contribution < -0.4 is 14.5 Å². The Labute approximate surface area is 173 Å². The van der Waals surface area contributed by atoms with E-state index in [9.17, 15) is 4.79 Å². The number of hydrogen-bond donors (Lipinski definition) is 1. The molecule has 2 aromatic rings. The molecule has 0 bridgehead atoms. The van der Waals surface area contributed by atoms with Crippen molar-refractivity contribution in [2.24, 2.45) is 0 Å². The molecule has 2 aliphatic rings. The van der Waals surface area contributed by atoms with Crippen molar-refractivity contribution >= 4 is 11.6 Å². The average Bonchev–Trinajstić information content (AvgIpc) is 2.79. The number of quaternary nitrogens is 1. The van der Waals surface area contributed by atoms with Crippen molar-refractivity contribution in [3.05, 3.63) is 59.7 Å². The standard InChI is InChI=1S/C24H31N3O2/c1-25(23-9-5-7-19-6-3-4-8-22(19)23)24(28)18-26-14-16-27(17-15-26)20-10-12-21(29-2)13-11-20/h3-4,6,8,10-13,23H,5,7,9,14-18H2,1-2H3/p+1/t23-/m1/s1. The minimum absolute atomic E-state index is 0.229. The fourth-order valence-electron chi connectivity index (χ4n) is 4.69. The maximum absolute atomic E-state index is 13.0. The van der Waals surface area contributed by atoms with Crippen LogP contribution in [0.5, 0.6) is 5.75 Å². The normalized spacial score (nSPS) is 19.5. The zero-order valence-electron chi connectivity index (χ0n) is 17.6. The first-order chi connectivity index (χ1) is 14.2. The summed E-state index contributed by atoms with van der Waals surface area (Å²) in [4.78, 5) is 18.8. The van der Waals surface area contributed by atoms with Crippen molar-refractivity contribution in [3.63, 3.8) is 0 Å². The van der Waals surface area contributed by atoms with Crippen molar-refractivity contribution in [2.75, 3.05) is 51.8 Å². The summed E-state index contributed by atoms with van der Waals surface area (Å²) in [6.07, 6.45) is 3.36. The predicted molar refractivity (Wildman–Crippen MR) is 116 cm³/mol. The zero-order valence-corrected chi connectivity index (χ0v) is 17.6. The van der Waals surface area contributed by atoms with Crippen LogP contribution >= 0.6 is 0 Å². The molecule has 1 fully saturated rings. The van der Waals surface area contributed by atoms with Crippen molar-refractivity contribution in [1.29, 1.82) is 0 Å². The van der Waals surface area contributed by atoms with Gasteiger partial charge in [-0.25, -0.2) is 0 Å². The van der Waals surface area contributed by atoms with E-state index in [-0.39, 0.29) is 11.9 Å². The molecule has 5 nitrogen and oxygen atoms in total. The molecule has 2 aromatic carbocycles. The number of anilines is 1. The van der Waals surface area contributed by atoms with Crippen LogP contribution in [-0.4, -0.2) is 57.7 Å². The Morgan fingerprint density at radius 2 is 1.86 bits per heavy atom. The summed E-state index contributed by atoms with van der Waals surface area (Å²) in [6, 6.07) is 17.1. The van der Waals surface area contributed by atoms with Crippen LogP contribution in [0.25, 0.3) is 0 Å². The van der Waals surface area contributed by atoms with Gasteiger partial charge >= 0.3 is 0 Å². The number of hydrogen-bond acceptors (Lipinski definition) is 3. The second-order valence-electron chi connectivity index (χ2n) is 8.22. The molecule has 4 rings (SSSR count). The lowest BCUT2D eigenvalue weighted by Gasteiger charge is -2.36. The summed E-state index contributed by atoms with van der Waals surface area (Å²) in [5, 5.41) is 0. The summed E-state index contributed by atoms with van der Waals surface area (Å²) in [6.45, 7) is 4.53. The minimum Gasteiger partial charge on any atom is -0.497 e. The van der Waals surface area contributed by atoms with Crippen LogP contribution in [0.1, 0.15) is 30.0 Å². The van der Waals surface area contributed by atoms with Gasteiger partial charge in [-0.2, -0.15) is 0 Å². The Hall–Kier alpha value is -2.53. The van der Waals surface area contributed by atoms with E-state index in [1.165, 1.54) is 21.7 Å². The lowest BCUT2D eigenvalue weighted by molar-refractivity contribution is -0.892. The molecule has 1 amide bonds. The quantitative estimate of drug-likeness (QED) is 0.842. The van der Waals surface area contributed by atoms with E-state index < -0.39 is 0 Å². The first-order valence-corrected chi connectivity index (χ1v) is 10.7. The van der Waals surface area contributed by atoms with Crippen LogP contribution in [0.4, 0.5) is 5.69 Å². The highest BCUT2D eigenvalue weighted by atomic mass is 16.5. The molecule has 1 aliphatic carbocycles. The third kappa shape index (κ3) is 4.40. The molecule has 154 valence electrons. The van der Waals surface area contributed by atoms with E-state index in [0.29, 0.717) is 6.54 Å². The van der Waals surface area contributed by atoms with Gasteiger partial charge in [0.1, 0.15) is 5.75 Å². The second kappa shape index (κ2) is 8.87. The smallest absolute Gasteiger partial charge is 0.278 e. The van der Waals surface area contributed by atoms with E-state index in [0.717, 1.165) is 51.2 Å². The number of carbonyl (C=O) groups excluding carboxylic acids is 1. The number of benzene rings is 2. The second-order valence-corrected chi connectivity index (χ2v) is 8.22. The van der Waals surface area contributed by atoms with Gasteiger partial charge in [0, 0.05) is 12.7 Å². The lowest BCUT2D eigenvalue weighted by Crippen LogP contribution is -3.15. The van der Waals surface area contributed by atoms with Crippen molar-refractivity contribution in [2.45, 2.75) is 25.3 Å². The lowest BCUT2D eigenvalue weighted by atomic mass is 9.87. The van der Waals surface area contributed by atoms with E-state index >= 15 is 0 Å². The highest BCUT2D eigenvalue weighted by Gasteiger charge is 2.29. The number of nitrogens with zero attached hydrogens (tertiary/aromatic N) is 2. The Bertz CT molecular complexity index is 828. The molecule has 1 aliphatic heterocycles. The molecule has 0 unspecified atom stereocenters. The van der Waals surface area contributed by atoms with Crippen LogP contribution in [0.3, 0.4) is 0 Å². The molecular formula is C24H32N3O2+. The summed E-state index contributed by atoms with van der Waals surface area (Å²) < 4.78 is 5.25. The molecule has 1 saturated heterocycles. The molecule has 1 N–H and O–H groups in total. The van der Waals surface area contributed by atoms with Crippen molar-refractivity contribution in [3.8, 4) is 5.75 Å². The van der Waals surface area contributed by atoms with Gasteiger partial charge < -0.3 is 19.4 Å². The number of aryl methyl sites for hydroxylation is 1. The fraction of sp³-hybridized carbons (Fsp3) is 0.458. The molecule has 0 saturated carbocycles. The number of carbonyl (C=O) groups is 1. The van der Waals surface area contributed by atoms with Crippen LogP contribution in [-0.2, 0) is 11.2 Å². The average molecular weight is 395 g/mol. The van der Waals surface area contributed by atoms with Gasteiger partial charge in [0.05, 0.1) is 39.3 Å². The third-order valence-electron chi connectivity index (χ3n) is 6.51. The Morgan fingerprint density at radius 3 is 2.59 bits per heavy atom. The van der Waals surface area contributed by atoms with Gasteiger partial charge in [0.15, 0.2) is 6.54 Å². The highest BCUT2D eigenvalue weighted by molar-refractivity contribution is 5.77. The predicted octanol–water partition coefficient (Wildman–Crippen LogP) is 1.94. The topological polar surface area (TPSA) is 37.2 Å². The van der Waals surface area contributed by atoms with Crippen LogP contribution in [0, 0.1) is 0 Å². The maximum atomic E-state index is 13.0. The maximum Gasteiger partial charge on any atom is 0.278 e. The van der Waals surface area contributed by atoms with Gasteiger partial charge in [-0.3, -0.25) is 4.79 Å². The van der Waals surface area contributed by atoms with Gasteiger partial charge in [-0.15, -0.1) is 0 Å². The van der Waals surface area contributed by atoms with Gasteiger partial charge in [-0.05, 0) is 54.7 Å². The molecule has 0 radical (unpaired) electrons. The third-order valence-corrected chi connectivity index (χ3v) is 6.51. The minimum atomic E-state index is 0.229.